The molecular formula is C15H20N2O2S. The zero-order chi connectivity index (χ0) is 14.6. The SMILES string of the molecule is Cc1ccc(C#CCN)cc1S(=O)(=O)NCCC1CC1. The molecule has 5 heteroatoms. The fraction of sp³-hybridized carbons (Fsp3) is 0.467. The Balaban J connectivity index is 2.15. The lowest BCUT2D eigenvalue weighted by molar-refractivity contribution is 0.574. The normalized spacial score (nSPS) is 14.7. The van der Waals surface area contributed by atoms with E-state index in [9.17, 15) is 8.42 Å². The number of hydrogen-bond donors (Lipinski definition) is 2. The largest absolute Gasteiger partial charge is 0.320 e. The summed E-state index contributed by atoms with van der Waals surface area (Å²) in [5.74, 6) is 6.30. The summed E-state index contributed by atoms with van der Waals surface area (Å²) in [6.45, 7) is 2.55. The minimum atomic E-state index is -3.46. The predicted molar refractivity (Wildman–Crippen MR) is 79.6 cm³/mol. The molecule has 3 N–H and O–H groups in total. The Morgan fingerprint density at radius 3 is 2.80 bits per heavy atom. The van der Waals surface area contributed by atoms with Crippen LogP contribution in [0.5, 0.6) is 0 Å². The summed E-state index contributed by atoms with van der Waals surface area (Å²) in [6.07, 6.45) is 3.38. The van der Waals surface area contributed by atoms with Gasteiger partial charge >= 0.3 is 0 Å². The summed E-state index contributed by atoms with van der Waals surface area (Å²) in [4.78, 5) is 0.303. The number of rotatable bonds is 5. The van der Waals surface area contributed by atoms with E-state index < -0.39 is 10.0 Å². The quantitative estimate of drug-likeness (QED) is 0.805. The molecule has 0 aliphatic heterocycles. The topological polar surface area (TPSA) is 72.2 Å². The third-order valence-electron chi connectivity index (χ3n) is 3.35. The van der Waals surface area contributed by atoms with Gasteiger partial charge in [0.25, 0.3) is 0 Å². The maximum atomic E-state index is 12.3. The lowest BCUT2D eigenvalue weighted by atomic mass is 10.1. The Kier molecular flexibility index (Phi) is 4.81. The molecule has 0 radical (unpaired) electrons. The Labute approximate surface area is 120 Å². The number of sulfonamides is 1. The van der Waals surface area contributed by atoms with Crippen LogP contribution < -0.4 is 10.5 Å². The molecule has 1 aromatic rings. The van der Waals surface area contributed by atoms with Crippen LogP contribution in [0.1, 0.15) is 30.4 Å². The third kappa shape index (κ3) is 4.07. The lowest BCUT2D eigenvalue weighted by Gasteiger charge is -2.09. The van der Waals surface area contributed by atoms with E-state index in [1.807, 2.05) is 0 Å². The molecule has 1 saturated carbocycles. The molecule has 1 aromatic carbocycles. The maximum Gasteiger partial charge on any atom is 0.240 e. The van der Waals surface area contributed by atoms with Crippen LogP contribution >= 0.6 is 0 Å². The summed E-state index contributed by atoms with van der Waals surface area (Å²) in [5, 5.41) is 0. The van der Waals surface area contributed by atoms with Gasteiger partial charge in [-0.2, -0.15) is 0 Å². The molecule has 1 aliphatic carbocycles. The smallest absolute Gasteiger partial charge is 0.240 e. The number of hydrogen-bond acceptors (Lipinski definition) is 3. The van der Waals surface area contributed by atoms with Crippen molar-refractivity contribution < 1.29 is 8.42 Å². The average molecular weight is 292 g/mol. The second kappa shape index (κ2) is 6.40. The summed E-state index contributed by atoms with van der Waals surface area (Å²) in [6, 6.07) is 5.19. The minimum Gasteiger partial charge on any atom is -0.320 e. The zero-order valence-corrected chi connectivity index (χ0v) is 12.5. The minimum absolute atomic E-state index is 0.260. The molecule has 0 spiro atoms. The van der Waals surface area contributed by atoms with E-state index in [4.69, 9.17) is 5.73 Å². The van der Waals surface area contributed by atoms with E-state index in [1.165, 1.54) is 12.8 Å². The highest BCUT2D eigenvalue weighted by Crippen LogP contribution is 2.31. The van der Waals surface area contributed by atoms with Gasteiger partial charge in [-0.25, -0.2) is 13.1 Å². The van der Waals surface area contributed by atoms with E-state index in [1.54, 1.807) is 25.1 Å². The molecule has 0 atom stereocenters. The second-order valence-corrected chi connectivity index (χ2v) is 6.85. The van der Waals surface area contributed by atoms with Crippen molar-refractivity contribution in [3.05, 3.63) is 29.3 Å². The van der Waals surface area contributed by atoms with Gasteiger partial charge < -0.3 is 5.73 Å². The van der Waals surface area contributed by atoms with Crippen molar-refractivity contribution in [2.45, 2.75) is 31.1 Å². The van der Waals surface area contributed by atoms with Crippen LogP contribution in [0.25, 0.3) is 0 Å². The van der Waals surface area contributed by atoms with Gasteiger partial charge in [0.15, 0.2) is 0 Å². The summed E-state index contributed by atoms with van der Waals surface area (Å²) < 4.78 is 27.3. The zero-order valence-electron chi connectivity index (χ0n) is 11.6. The maximum absolute atomic E-state index is 12.3. The lowest BCUT2D eigenvalue weighted by Crippen LogP contribution is -2.25. The Bertz CT molecular complexity index is 638. The van der Waals surface area contributed by atoms with Gasteiger partial charge in [0, 0.05) is 12.1 Å². The summed E-state index contributed by atoms with van der Waals surface area (Å²) in [5.41, 5.74) is 6.72. The molecule has 0 aromatic heterocycles. The van der Waals surface area contributed by atoms with E-state index in [2.05, 4.69) is 16.6 Å². The van der Waals surface area contributed by atoms with Crippen molar-refractivity contribution in [2.24, 2.45) is 11.7 Å². The Morgan fingerprint density at radius 1 is 1.40 bits per heavy atom. The van der Waals surface area contributed by atoms with Crippen molar-refractivity contribution in [2.75, 3.05) is 13.1 Å². The Morgan fingerprint density at radius 2 is 2.15 bits per heavy atom. The fourth-order valence-corrected chi connectivity index (χ4v) is 3.32. The molecule has 1 fully saturated rings. The monoisotopic (exact) mass is 292 g/mol. The van der Waals surface area contributed by atoms with Crippen LogP contribution in [0, 0.1) is 24.7 Å². The highest BCUT2D eigenvalue weighted by Gasteiger charge is 2.22. The Hall–Kier alpha value is -1.35. The standard InChI is InChI=1S/C15H20N2O2S/c1-12-4-5-14(3-2-9-16)11-15(12)20(18,19)17-10-8-13-6-7-13/h4-5,11,13,17H,6-10,16H2,1H3. The molecule has 0 saturated heterocycles. The third-order valence-corrected chi connectivity index (χ3v) is 4.96. The van der Waals surface area contributed by atoms with E-state index in [-0.39, 0.29) is 6.54 Å². The first-order valence-corrected chi connectivity index (χ1v) is 8.30. The molecule has 108 valence electrons. The molecule has 2 rings (SSSR count). The molecule has 4 nitrogen and oxygen atoms in total. The van der Waals surface area contributed by atoms with Crippen LogP contribution in [-0.4, -0.2) is 21.5 Å². The summed E-state index contributed by atoms with van der Waals surface area (Å²) >= 11 is 0. The van der Waals surface area contributed by atoms with Crippen LogP contribution in [0.4, 0.5) is 0 Å². The van der Waals surface area contributed by atoms with E-state index in [0.717, 1.165) is 12.0 Å². The van der Waals surface area contributed by atoms with Crippen molar-refractivity contribution in [3.8, 4) is 11.8 Å². The van der Waals surface area contributed by atoms with Gasteiger partial charge in [0.2, 0.25) is 10.0 Å². The highest BCUT2D eigenvalue weighted by atomic mass is 32.2. The van der Waals surface area contributed by atoms with E-state index >= 15 is 0 Å². The first-order chi connectivity index (χ1) is 9.53. The molecule has 1 aliphatic rings. The number of nitrogens with one attached hydrogen (secondary N) is 1. The number of benzene rings is 1. The van der Waals surface area contributed by atoms with Gasteiger partial charge in [0.05, 0.1) is 11.4 Å². The predicted octanol–water partition coefficient (Wildman–Crippen LogP) is 1.38. The van der Waals surface area contributed by atoms with Crippen LogP contribution in [0.15, 0.2) is 23.1 Å². The van der Waals surface area contributed by atoms with E-state index in [0.29, 0.717) is 22.9 Å². The molecule has 0 heterocycles. The molecular weight excluding hydrogens is 272 g/mol. The molecule has 20 heavy (non-hydrogen) atoms. The number of aryl methyl sites for hydroxylation is 1. The van der Waals surface area contributed by atoms with Crippen molar-refractivity contribution in [3.63, 3.8) is 0 Å². The van der Waals surface area contributed by atoms with Crippen LogP contribution in [-0.2, 0) is 10.0 Å². The average Bonchev–Trinajstić information content (AvgIpc) is 3.21. The highest BCUT2D eigenvalue weighted by molar-refractivity contribution is 7.89. The number of nitrogens with two attached hydrogens (primary N) is 1. The van der Waals surface area contributed by atoms with Gasteiger partial charge in [0.1, 0.15) is 0 Å². The van der Waals surface area contributed by atoms with Gasteiger partial charge in [-0.15, -0.1) is 0 Å². The van der Waals surface area contributed by atoms with Crippen LogP contribution in [0.2, 0.25) is 0 Å². The van der Waals surface area contributed by atoms with Gasteiger partial charge in [-0.1, -0.05) is 30.7 Å². The summed E-state index contributed by atoms with van der Waals surface area (Å²) in [7, 11) is -3.46. The fourth-order valence-electron chi connectivity index (χ4n) is 2.00. The van der Waals surface area contributed by atoms with Crippen LogP contribution in [0.3, 0.4) is 0 Å². The van der Waals surface area contributed by atoms with Crippen molar-refractivity contribution in [1.29, 1.82) is 0 Å². The first kappa shape index (κ1) is 15.0. The van der Waals surface area contributed by atoms with Crippen molar-refractivity contribution in [1.82, 2.24) is 4.72 Å². The molecule has 0 amide bonds. The van der Waals surface area contributed by atoms with Gasteiger partial charge in [-0.3, -0.25) is 0 Å². The molecule has 0 bridgehead atoms. The molecule has 0 unspecified atom stereocenters. The van der Waals surface area contributed by atoms with Gasteiger partial charge in [-0.05, 0) is 37.0 Å². The second-order valence-electron chi connectivity index (χ2n) is 5.12. The van der Waals surface area contributed by atoms with Crippen molar-refractivity contribution >= 4 is 10.0 Å². The first-order valence-electron chi connectivity index (χ1n) is 6.82.